The lowest BCUT2D eigenvalue weighted by Crippen LogP contribution is -2.54. The van der Waals surface area contributed by atoms with Gasteiger partial charge in [-0.25, -0.2) is 4.79 Å². The number of ether oxygens (including phenoxy) is 3. The Morgan fingerprint density at radius 2 is 1.70 bits per heavy atom. The molecule has 3 heterocycles. The highest BCUT2D eigenvalue weighted by molar-refractivity contribution is 5.84. The summed E-state index contributed by atoms with van der Waals surface area (Å²) in [5.74, 6) is 2.01. The Balaban J connectivity index is 1.31. The molecule has 2 aliphatic heterocycles. The third-order valence-electron chi connectivity index (χ3n) is 7.10. The molecular weight excluding hydrogens is 514 g/mol. The van der Waals surface area contributed by atoms with Gasteiger partial charge in [0.25, 0.3) is 0 Å². The number of benzene rings is 1. The lowest BCUT2D eigenvalue weighted by atomic mass is 10.1. The van der Waals surface area contributed by atoms with Crippen molar-refractivity contribution >= 4 is 17.8 Å². The predicted octanol–water partition coefficient (Wildman–Crippen LogP) is 1.56. The van der Waals surface area contributed by atoms with Crippen molar-refractivity contribution in [3.05, 3.63) is 30.3 Å². The molecule has 1 aromatic carbocycles. The van der Waals surface area contributed by atoms with Gasteiger partial charge in [-0.3, -0.25) is 9.69 Å². The van der Waals surface area contributed by atoms with Crippen LogP contribution in [0.1, 0.15) is 13.8 Å². The van der Waals surface area contributed by atoms with Crippen molar-refractivity contribution < 1.29 is 23.8 Å². The number of carbonyl (C=O) groups excluding carboxylic acids is 2. The molecule has 4 rings (SSSR count). The highest BCUT2D eigenvalue weighted by atomic mass is 16.5. The average molecular weight is 556 g/mol. The lowest BCUT2D eigenvalue weighted by Gasteiger charge is -2.36. The van der Waals surface area contributed by atoms with Crippen molar-refractivity contribution in [1.29, 1.82) is 0 Å². The van der Waals surface area contributed by atoms with E-state index in [0.717, 1.165) is 30.2 Å². The molecule has 0 aliphatic carbocycles. The molecule has 1 aromatic heterocycles. The largest absolute Gasteiger partial charge is 0.493 e. The van der Waals surface area contributed by atoms with E-state index in [1.165, 1.54) is 0 Å². The molecule has 218 valence electrons. The van der Waals surface area contributed by atoms with E-state index >= 15 is 0 Å². The van der Waals surface area contributed by atoms with Gasteiger partial charge < -0.3 is 34.2 Å². The van der Waals surface area contributed by atoms with Crippen LogP contribution in [0.15, 0.2) is 30.3 Å². The third kappa shape index (κ3) is 7.72. The summed E-state index contributed by atoms with van der Waals surface area (Å²) in [6, 6.07) is 9.30. The van der Waals surface area contributed by atoms with E-state index in [2.05, 4.69) is 25.3 Å². The Kier molecular flexibility index (Phi) is 10.4. The zero-order valence-electron chi connectivity index (χ0n) is 24.0. The molecule has 0 radical (unpaired) electrons. The number of aromatic nitrogens is 2. The van der Waals surface area contributed by atoms with E-state index in [9.17, 15) is 9.59 Å². The fraction of sp³-hybridized carbons (Fsp3) is 0.571. The smallest absolute Gasteiger partial charge is 0.318 e. The molecule has 2 aromatic rings. The van der Waals surface area contributed by atoms with Crippen LogP contribution in [0.4, 0.5) is 10.6 Å². The number of carbonyl (C=O) groups is 2. The molecule has 3 amide bonds. The van der Waals surface area contributed by atoms with Gasteiger partial charge >= 0.3 is 6.03 Å². The number of nitrogens with one attached hydrogen (secondary N) is 1. The number of amides is 3. The number of rotatable bonds is 10. The van der Waals surface area contributed by atoms with E-state index in [-0.39, 0.29) is 24.5 Å². The second-order valence-electron chi connectivity index (χ2n) is 10.2. The first-order valence-corrected chi connectivity index (χ1v) is 13.8. The van der Waals surface area contributed by atoms with Crippen LogP contribution in [0.3, 0.4) is 0 Å². The molecular formula is C28H41N7O5. The first-order chi connectivity index (χ1) is 19.4. The van der Waals surface area contributed by atoms with E-state index in [1.807, 2.05) is 49.1 Å². The molecule has 0 saturated carbocycles. The Labute approximate surface area is 236 Å². The summed E-state index contributed by atoms with van der Waals surface area (Å²) < 4.78 is 16.1. The minimum absolute atomic E-state index is 0.00344. The maximum absolute atomic E-state index is 13.2. The van der Waals surface area contributed by atoms with Crippen LogP contribution in [-0.2, 0) is 9.53 Å². The molecule has 0 bridgehead atoms. The SMILES string of the molecule is COc1ccc(-c2ccc(N3CCN(C(=O)CN(CCN4CCOCC4)C(=O)NC(C)C)CC3)nn2)cc1OC. The molecule has 40 heavy (non-hydrogen) atoms. The van der Waals surface area contributed by atoms with Gasteiger partial charge in [-0.05, 0) is 44.2 Å². The van der Waals surface area contributed by atoms with Crippen molar-refractivity contribution in [2.24, 2.45) is 0 Å². The van der Waals surface area contributed by atoms with Crippen LogP contribution in [0.25, 0.3) is 11.3 Å². The molecule has 12 nitrogen and oxygen atoms in total. The zero-order chi connectivity index (χ0) is 28.5. The summed E-state index contributed by atoms with van der Waals surface area (Å²) in [7, 11) is 3.20. The number of urea groups is 1. The fourth-order valence-corrected chi connectivity index (χ4v) is 4.77. The van der Waals surface area contributed by atoms with Gasteiger partial charge in [0.1, 0.15) is 6.54 Å². The predicted molar refractivity (Wildman–Crippen MR) is 152 cm³/mol. The van der Waals surface area contributed by atoms with E-state index in [0.29, 0.717) is 64.0 Å². The van der Waals surface area contributed by atoms with Crippen LogP contribution in [0.5, 0.6) is 11.5 Å². The first-order valence-electron chi connectivity index (χ1n) is 13.8. The van der Waals surface area contributed by atoms with Gasteiger partial charge in [0.15, 0.2) is 17.3 Å². The van der Waals surface area contributed by atoms with Gasteiger partial charge in [0.2, 0.25) is 5.91 Å². The van der Waals surface area contributed by atoms with Gasteiger partial charge in [-0.2, -0.15) is 0 Å². The third-order valence-corrected chi connectivity index (χ3v) is 7.10. The van der Waals surface area contributed by atoms with Gasteiger partial charge in [0, 0.05) is 64.0 Å². The number of morpholine rings is 1. The molecule has 0 spiro atoms. The molecule has 1 N–H and O–H groups in total. The number of anilines is 1. The Hall–Kier alpha value is -3.64. The Morgan fingerprint density at radius 3 is 2.33 bits per heavy atom. The summed E-state index contributed by atoms with van der Waals surface area (Å²) in [4.78, 5) is 33.9. The van der Waals surface area contributed by atoms with Crippen LogP contribution in [0, 0.1) is 0 Å². The Morgan fingerprint density at radius 1 is 0.975 bits per heavy atom. The van der Waals surface area contributed by atoms with Gasteiger partial charge in [-0.15, -0.1) is 10.2 Å². The quantitative estimate of drug-likeness (QED) is 0.467. The average Bonchev–Trinajstić information content (AvgIpc) is 2.99. The summed E-state index contributed by atoms with van der Waals surface area (Å²) in [6.07, 6.45) is 0. The summed E-state index contributed by atoms with van der Waals surface area (Å²) in [5, 5.41) is 11.8. The second kappa shape index (κ2) is 14.1. The van der Waals surface area contributed by atoms with Crippen LogP contribution < -0.4 is 19.7 Å². The van der Waals surface area contributed by atoms with E-state index in [1.54, 1.807) is 19.1 Å². The first kappa shape index (κ1) is 29.3. The van der Waals surface area contributed by atoms with Crippen molar-refractivity contribution in [2.45, 2.75) is 19.9 Å². The normalized spacial score (nSPS) is 16.1. The molecule has 2 fully saturated rings. The van der Waals surface area contributed by atoms with E-state index in [4.69, 9.17) is 14.2 Å². The summed E-state index contributed by atoms with van der Waals surface area (Å²) >= 11 is 0. The monoisotopic (exact) mass is 555 g/mol. The van der Waals surface area contributed by atoms with Crippen LogP contribution in [0.2, 0.25) is 0 Å². The van der Waals surface area contributed by atoms with Crippen molar-refractivity contribution in [3.63, 3.8) is 0 Å². The fourth-order valence-electron chi connectivity index (χ4n) is 4.77. The Bertz CT molecular complexity index is 1120. The highest BCUT2D eigenvalue weighted by Gasteiger charge is 2.26. The molecule has 0 atom stereocenters. The van der Waals surface area contributed by atoms with Crippen molar-refractivity contribution in [3.8, 4) is 22.8 Å². The van der Waals surface area contributed by atoms with Crippen LogP contribution >= 0.6 is 0 Å². The maximum atomic E-state index is 13.2. The summed E-state index contributed by atoms with van der Waals surface area (Å²) in [6.45, 7) is 10.6. The number of methoxy groups -OCH3 is 2. The minimum atomic E-state index is -0.208. The maximum Gasteiger partial charge on any atom is 0.318 e. The van der Waals surface area contributed by atoms with Crippen molar-refractivity contribution in [2.75, 3.05) is 91.2 Å². The minimum Gasteiger partial charge on any atom is -0.493 e. The molecule has 0 unspecified atom stereocenters. The standard InChI is InChI=1S/C28H41N7O5/c1-21(2)29-28(37)35(10-9-32-15-17-40-18-16-32)20-27(36)34-13-11-33(12-14-34)26-8-6-23(30-31-26)22-5-7-24(38-3)25(19-22)39-4/h5-8,19,21H,9-18,20H2,1-4H3,(H,29,37). The lowest BCUT2D eigenvalue weighted by molar-refractivity contribution is -0.132. The molecule has 2 saturated heterocycles. The van der Waals surface area contributed by atoms with E-state index < -0.39 is 0 Å². The van der Waals surface area contributed by atoms with Gasteiger partial charge in [-0.1, -0.05) is 0 Å². The van der Waals surface area contributed by atoms with Gasteiger partial charge in [0.05, 0.1) is 33.1 Å². The molecule has 12 heteroatoms. The van der Waals surface area contributed by atoms with Crippen LogP contribution in [-0.4, -0.2) is 129 Å². The topological polar surface area (TPSA) is 113 Å². The molecule has 2 aliphatic rings. The zero-order valence-corrected chi connectivity index (χ0v) is 24.0. The number of hydrogen-bond donors (Lipinski definition) is 1. The number of nitrogens with zero attached hydrogens (tertiary/aromatic N) is 6. The highest BCUT2D eigenvalue weighted by Crippen LogP contribution is 2.31. The summed E-state index contributed by atoms with van der Waals surface area (Å²) in [5.41, 5.74) is 1.61. The number of hydrogen-bond acceptors (Lipinski definition) is 9. The van der Waals surface area contributed by atoms with Crippen molar-refractivity contribution in [1.82, 2.24) is 30.2 Å². The second-order valence-corrected chi connectivity index (χ2v) is 10.2. The number of piperazine rings is 1.